The van der Waals surface area contributed by atoms with Crippen molar-refractivity contribution in [2.45, 2.75) is 6.92 Å². The van der Waals surface area contributed by atoms with Crippen LogP contribution in [0.4, 0.5) is 0 Å². The fourth-order valence-corrected chi connectivity index (χ4v) is 1.90. The van der Waals surface area contributed by atoms with E-state index in [1.807, 2.05) is 0 Å². The largest absolute Gasteiger partial charge is 1.00 e. The number of aryl methyl sites for hydroxylation is 1. The van der Waals surface area contributed by atoms with Gasteiger partial charge in [-0.2, -0.15) is 0 Å². The molecule has 7 nitrogen and oxygen atoms in total. The van der Waals surface area contributed by atoms with Gasteiger partial charge in [-0.15, -0.1) is 0 Å². The second kappa shape index (κ2) is 7.07. The van der Waals surface area contributed by atoms with Crippen molar-refractivity contribution in [2.24, 2.45) is 5.73 Å². The average Bonchev–Trinajstić information content (AvgIpc) is 2.46. The van der Waals surface area contributed by atoms with Crippen molar-refractivity contribution < 1.29 is 38.3 Å². The van der Waals surface area contributed by atoms with Crippen LogP contribution in [0.15, 0.2) is 24.5 Å². The van der Waals surface area contributed by atoms with E-state index in [1.165, 1.54) is 25.6 Å². The van der Waals surface area contributed by atoms with Crippen LogP contribution < -0.4 is 34.4 Å². The van der Waals surface area contributed by atoms with Crippen LogP contribution in [0, 0.1) is 6.92 Å². The van der Waals surface area contributed by atoms with Crippen LogP contribution in [0.5, 0.6) is 5.75 Å². The molecule has 0 aliphatic heterocycles. The van der Waals surface area contributed by atoms with Crippen LogP contribution >= 0.6 is 0 Å². The standard InChI is InChI=1S/C14H13N3O4.Li/c1-7-3-8(10(5-16-7)14(19)20)9-4-11(13(15)18)17-6-12(9)21-2;/h3-6H,1-2H3,(H2,15,18)(H,19,20);/q;+1/p-1. The summed E-state index contributed by atoms with van der Waals surface area (Å²) in [5, 5.41) is 11.2. The topological polar surface area (TPSA) is 118 Å². The van der Waals surface area contributed by atoms with E-state index < -0.39 is 11.9 Å². The van der Waals surface area contributed by atoms with Gasteiger partial charge < -0.3 is 20.4 Å². The zero-order valence-corrected chi connectivity index (χ0v) is 12.4. The SMILES string of the molecule is COc1cnc(C(N)=O)cc1-c1cc(C)ncc1C(=O)[O-].[Li+]. The van der Waals surface area contributed by atoms with E-state index >= 15 is 0 Å². The molecule has 0 saturated carbocycles. The van der Waals surface area contributed by atoms with Gasteiger partial charge in [-0.05, 0) is 24.6 Å². The smallest absolute Gasteiger partial charge is 0.545 e. The molecule has 0 radical (unpaired) electrons. The Labute approximate surface area is 138 Å². The second-order valence-corrected chi connectivity index (χ2v) is 4.29. The number of pyridine rings is 2. The first kappa shape index (κ1) is 17.7. The summed E-state index contributed by atoms with van der Waals surface area (Å²) in [6, 6.07) is 2.94. The zero-order valence-electron chi connectivity index (χ0n) is 12.4. The third-order valence-corrected chi connectivity index (χ3v) is 2.89. The molecule has 0 aliphatic carbocycles. The summed E-state index contributed by atoms with van der Waals surface area (Å²) in [4.78, 5) is 30.3. The van der Waals surface area contributed by atoms with Crippen LogP contribution in [0.3, 0.4) is 0 Å². The molecular formula is C14H12LiN3O4. The molecule has 0 spiro atoms. The Kier molecular flexibility index (Phi) is 5.68. The van der Waals surface area contributed by atoms with Crippen molar-refractivity contribution in [3.63, 3.8) is 0 Å². The molecule has 1 amide bonds. The maximum Gasteiger partial charge on any atom is 1.00 e. The summed E-state index contributed by atoms with van der Waals surface area (Å²) in [7, 11) is 1.41. The first-order valence-corrected chi connectivity index (χ1v) is 5.96. The van der Waals surface area contributed by atoms with Gasteiger partial charge in [0.15, 0.2) is 0 Å². The van der Waals surface area contributed by atoms with E-state index in [-0.39, 0.29) is 30.1 Å². The molecule has 2 aromatic rings. The fraction of sp³-hybridized carbons (Fsp3) is 0.143. The number of ether oxygens (including phenoxy) is 1. The molecule has 2 heterocycles. The summed E-state index contributed by atoms with van der Waals surface area (Å²) < 4.78 is 5.16. The van der Waals surface area contributed by atoms with Crippen LogP contribution in [-0.2, 0) is 0 Å². The third kappa shape index (κ3) is 3.45. The van der Waals surface area contributed by atoms with Gasteiger partial charge in [0.25, 0.3) is 5.91 Å². The Balaban J connectivity index is 0.00000242. The summed E-state index contributed by atoms with van der Waals surface area (Å²) >= 11 is 0. The van der Waals surface area contributed by atoms with Crippen molar-refractivity contribution in [1.29, 1.82) is 0 Å². The van der Waals surface area contributed by atoms with Crippen molar-refractivity contribution in [3.8, 4) is 16.9 Å². The predicted molar refractivity (Wildman–Crippen MR) is 71.6 cm³/mol. The van der Waals surface area contributed by atoms with Crippen molar-refractivity contribution in [3.05, 3.63) is 41.5 Å². The first-order valence-electron chi connectivity index (χ1n) is 5.96. The number of amides is 1. The molecule has 0 aliphatic rings. The minimum absolute atomic E-state index is 0. The average molecular weight is 293 g/mol. The van der Waals surface area contributed by atoms with E-state index in [1.54, 1.807) is 13.0 Å². The first-order chi connectivity index (χ1) is 9.93. The monoisotopic (exact) mass is 293 g/mol. The number of aromatic nitrogens is 2. The molecule has 2 N–H and O–H groups in total. The van der Waals surface area contributed by atoms with Gasteiger partial charge in [0.05, 0.1) is 19.3 Å². The van der Waals surface area contributed by atoms with Crippen LogP contribution in [0.25, 0.3) is 11.1 Å². The maximum atomic E-state index is 11.2. The van der Waals surface area contributed by atoms with E-state index in [0.717, 1.165) is 0 Å². The molecule has 22 heavy (non-hydrogen) atoms. The molecule has 0 aromatic carbocycles. The Morgan fingerprint density at radius 3 is 2.41 bits per heavy atom. The molecule has 2 rings (SSSR count). The van der Waals surface area contributed by atoms with Gasteiger partial charge in [0, 0.05) is 23.0 Å². The second-order valence-electron chi connectivity index (χ2n) is 4.29. The van der Waals surface area contributed by atoms with Crippen molar-refractivity contribution in [2.75, 3.05) is 7.11 Å². The maximum absolute atomic E-state index is 11.2. The summed E-state index contributed by atoms with van der Waals surface area (Å²) in [5.74, 6) is -1.79. The van der Waals surface area contributed by atoms with E-state index in [2.05, 4.69) is 9.97 Å². The quantitative estimate of drug-likeness (QED) is 0.597. The number of methoxy groups -OCH3 is 1. The van der Waals surface area contributed by atoms with Gasteiger partial charge in [0.1, 0.15) is 11.4 Å². The van der Waals surface area contributed by atoms with Crippen LogP contribution in [-0.4, -0.2) is 29.0 Å². The number of carbonyl (C=O) groups is 2. The molecule has 0 bridgehead atoms. The van der Waals surface area contributed by atoms with Crippen LogP contribution in [0.1, 0.15) is 26.5 Å². The van der Waals surface area contributed by atoms with E-state index in [4.69, 9.17) is 10.5 Å². The summed E-state index contributed by atoms with van der Waals surface area (Å²) in [6.45, 7) is 1.71. The number of nitrogens with two attached hydrogens (primary N) is 1. The number of rotatable bonds is 4. The Morgan fingerprint density at radius 1 is 1.18 bits per heavy atom. The van der Waals surface area contributed by atoms with Gasteiger partial charge in [-0.1, -0.05) is 0 Å². The Bertz CT molecular complexity index is 734. The van der Waals surface area contributed by atoms with E-state index in [9.17, 15) is 14.7 Å². The summed E-state index contributed by atoms with van der Waals surface area (Å²) in [5.41, 5.74) is 6.40. The molecular weight excluding hydrogens is 281 g/mol. The predicted octanol–water partition coefficient (Wildman–Crippen LogP) is -3.07. The van der Waals surface area contributed by atoms with Gasteiger partial charge in [-0.3, -0.25) is 9.78 Å². The molecule has 0 saturated heterocycles. The normalized spacial score (nSPS) is 9.73. The molecule has 2 aromatic heterocycles. The van der Waals surface area contributed by atoms with Gasteiger partial charge >= 0.3 is 18.9 Å². The third-order valence-electron chi connectivity index (χ3n) is 2.89. The van der Waals surface area contributed by atoms with Crippen molar-refractivity contribution >= 4 is 11.9 Å². The number of carboxylic acids is 1. The fourth-order valence-electron chi connectivity index (χ4n) is 1.90. The number of hydrogen-bond donors (Lipinski definition) is 1. The minimum atomic E-state index is -1.38. The zero-order chi connectivity index (χ0) is 15.6. The van der Waals surface area contributed by atoms with Gasteiger partial charge in [0.2, 0.25) is 0 Å². The van der Waals surface area contributed by atoms with Gasteiger partial charge in [-0.25, -0.2) is 4.98 Å². The number of primary amides is 1. The summed E-state index contributed by atoms with van der Waals surface area (Å²) in [6.07, 6.45) is 2.51. The molecule has 108 valence electrons. The number of nitrogens with zero attached hydrogens (tertiary/aromatic N) is 2. The Morgan fingerprint density at radius 2 is 1.86 bits per heavy atom. The van der Waals surface area contributed by atoms with Crippen LogP contribution in [0.2, 0.25) is 0 Å². The number of aromatic carboxylic acids is 1. The molecule has 0 unspecified atom stereocenters. The number of carboxylic acid groups (broad SMARTS) is 1. The molecule has 0 fully saturated rings. The minimum Gasteiger partial charge on any atom is -0.545 e. The Hall–Kier alpha value is -2.36. The molecule has 8 heteroatoms. The van der Waals surface area contributed by atoms with Crippen molar-refractivity contribution in [1.82, 2.24) is 9.97 Å². The number of carbonyl (C=O) groups excluding carboxylic acids is 2. The number of hydrogen-bond acceptors (Lipinski definition) is 6. The van der Waals surface area contributed by atoms with E-state index in [0.29, 0.717) is 22.6 Å². The molecule has 0 atom stereocenters.